The van der Waals surface area contributed by atoms with E-state index in [4.69, 9.17) is 8.83 Å². The molecule has 5 aromatic rings. The SMILES string of the molecule is O=c1cc(CSc2nnc(-c3ccccc3)o2)c2c(ccc3ccccc32)o1. The summed E-state index contributed by atoms with van der Waals surface area (Å²) in [6.07, 6.45) is 0. The van der Waals surface area contributed by atoms with Gasteiger partial charge in [-0.15, -0.1) is 10.2 Å². The average Bonchev–Trinajstić information content (AvgIpc) is 3.21. The molecule has 0 bridgehead atoms. The van der Waals surface area contributed by atoms with E-state index >= 15 is 0 Å². The van der Waals surface area contributed by atoms with E-state index in [1.807, 2.05) is 66.7 Å². The predicted octanol–water partition coefficient (Wildman–Crippen LogP) is 5.29. The molecule has 0 saturated heterocycles. The van der Waals surface area contributed by atoms with Crippen LogP contribution in [0, 0.1) is 0 Å². The minimum Gasteiger partial charge on any atom is -0.423 e. The van der Waals surface area contributed by atoms with E-state index in [-0.39, 0.29) is 5.63 Å². The zero-order chi connectivity index (χ0) is 18.9. The Morgan fingerprint density at radius 3 is 2.57 bits per heavy atom. The van der Waals surface area contributed by atoms with Gasteiger partial charge >= 0.3 is 5.63 Å². The topological polar surface area (TPSA) is 69.1 Å². The Labute approximate surface area is 164 Å². The fraction of sp³-hybridized carbons (Fsp3) is 0.0455. The fourth-order valence-electron chi connectivity index (χ4n) is 3.24. The smallest absolute Gasteiger partial charge is 0.336 e. The summed E-state index contributed by atoms with van der Waals surface area (Å²) in [5, 5.41) is 11.8. The molecule has 0 fully saturated rings. The normalized spacial score (nSPS) is 11.3. The van der Waals surface area contributed by atoms with E-state index in [0.717, 1.165) is 27.3 Å². The molecule has 6 heteroatoms. The largest absolute Gasteiger partial charge is 0.423 e. The van der Waals surface area contributed by atoms with Crippen molar-refractivity contribution < 1.29 is 8.83 Å². The van der Waals surface area contributed by atoms with Gasteiger partial charge < -0.3 is 8.83 Å². The molecule has 0 radical (unpaired) electrons. The first kappa shape index (κ1) is 16.8. The van der Waals surface area contributed by atoms with E-state index < -0.39 is 0 Å². The summed E-state index contributed by atoms with van der Waals surface area (Å²) in [5.74, 6) is 0.998. The summed E-state index contributed by atoms with van der Waals surface area (Å²) < 4.78 is 11.2. The molecule has 136 valence electrons. The second-order valence-corrected chi connectivity index (χ2v) is 7.20. The van der Waals surface area contributed by atoms with Crippen LogP contribution in [-0.4, -0.2) is 10.2 Å². The second kappa shape index (κ2) is 6.98. The Hall–Kier alpha value is -3.38. The van der Waals surface area contributed by atoms with Crippen LogP contribution in [0.25, 0.3) is 33.2 Å². The maximum atomic E-state index is 12.0. The third kappa shape index (κ3) is 3.08. The third-order valence-corrected chi connectivity index (χ3v) is 5.36. The first-order valence-electron chi connectivity index (χ1n) is 8.74. The van der Waals surface area contributed by atoms with Crippen molar-refractivity contribution in [2.45, 2.75) is 11.0 Å². The first-order chi connectivity index (χ1) is 13.8. The van der Waals surface area contributed by atoms with Crippen LogP contribution in [0.5, 0.6) is 0 Å². The zero-order valence-corrected chi connectivity index (χ0v) is 15.5. The molecule has 0 aliphatic heterocycles. The molecule has 0 amide bonds. The number of aromatic nitrogens is 2. The van der Waals surface area contributed by atoms with Crippen molar-refractivity contribution >= 4 is 33.5 Å². The fourth-order valence-corrected chi connectivity index (χ4v) is 3.98. The van der Waals surface area contributed by atoms with Gasteiger partial charge in [-0.05, 0) is 34.5 Å². The molecule has 0 unspecified atom stereocenters. The van der Waals surface area contributed by atoms with Gasteiger partial charge in [0.05, 0.1) is 0 Å². The van der Waals surface area contributed by atoms with Crippen LogP contribution < -0.4 is 5.63 Å². The highest BCUT2D eigenvalue weighted by Gasteiger charge is 2.13. The number of hydrogen-bond donors (Lipinski definition) is 0. The molecule has 0 aliphatic carbocycles. The standard InChI is InChI=1S/C22H14N2O3S/c25-19-12-16(20-17-9-5-4-6-14(17)10-11-18(20)26-19)13-28-22-24-23-21(27-22)15-7-2-1-3-8-15/h1-12H,13H2. The van der Waals surface area contributed by atoms with Crippen molar-refractivity contribution in [3.05, 3.63) is 88.8 Å². The van der Waals surface area contributed by atoms with Gasteiger partial charge in [-0.1, -0.05) is 60.3 Å². The number of fused-ring (bicyclic) bond motifs is 3. The molecule has 5 nitrogen and oxygen atoms in total. The Morgan fingerprint density at radius 2 is 1.68 bits per heavy atom. The maximum Gasteiger partial charge on any atom is 0.336 e. The highest BCUT2D eigenvalue weighted by Crippen LogP contribution is 2.32. The molecule has 2 aromatic heterocycles. The van der Waals surface area contributed by atoms with Crippen LogP contribution in [0.1, 0.15) is 5.56 Å². The third-order valence-electron chi connectivity index (χ3n) is 4.49. The van der Waals surface area contributed by atoms with Crippen LogP contribution in [-0.2, 0) is 5.75 Å². The molecular weight excluding hydrogens is 372 g/mol. The Balaban J connectivity index is 1.51. The summed E-state index contributed by atoms with van der Waals surface area (Å²) >= 11 is 1.40. The lowest BCUT2D eigenvalue weighted by atomic mass is 10.0. The van der Waals surface area contributed by atoms with Crippen LogP contribution in [0.4, 0.5) is 0 Å². The quantitative estimate of drug-likeness (QED) is 0.237. The Kier molecular flexibility index (Phi) is 4.18. The number of benzene rings is 3. The summed E-state index contributed by atoms with van der Waals surface area (Å²) in [6.45, 7) is 0. The molecule has 5 rings (SSSR count). The van der Waals surface area contributed by atoms with Crippen molar-refractivity contribution in [3.63, 3.8) is 0 Å². The lowest BCUT2D eigenvalue weighted by molar-refractivity contribution is 0.466. The first-order valence-corrected chi connectivity index (χ1v) is 9.73. The van der Waals surface area contributed by atoms with E-state index in [2.05, 4.69) is 10.2 Å². The molecule has 0 saturated carbocycles. The molecule has 2 heterocycles. The molecule has 0 spiro atoms. The number of rotatable bonds is 4. The van der Waals surface area contributed by atoms with Crippen LogP contribution in [0.3, 0.4) is 0 Å². The van der Waals surface area contributed by atoms with Gasteiger partial charge in [-0.2, -0.15) is 0 Å². The Morgan fingerprint density at radius 1 is 0.857 bits per heavy atom. The highest BCUT2D eigenvalue weighted by atomic mass is 32.2. The van der Waals surface area contributed by atoms with E-state index in [1.165, 1.54) is 17.8 Å². The molecular formula is C22H14N2O3S. The average molecular weight is 386 g/mol. The van der Waals surface area contributed by atoms with E-state index in [9.17, 15) is 4.79 Å². The summed E-state index contributed by atoms with van der Waals surface area (Å²) in [7, 11) is 0. The van der Waals surface area contributed by atoms with Crippen molar-refractivity contribution in [1.29, 1.82) is 0 Å². The van der Waals surface area contributed by atoms with E-state index in [0.29, 0.717) is 22.4 Å². The molecule has 28 heavy (non-hydrogen) atoms. The molecule has 0 atom stereocenters. The monoisotopic (exact) mass is 386 g/mol. The minimum atomic E-state index is -0.367. The number of nitrogens with zero attached hydrogens (tertiary/aromatic N) is 2. The highest BCUT2D eigenvalue weighted by molar-refractivity contribution is 7.98. The zero-order valence-electron chi connectivity index (χ0n) is 14.7. The molecule has 3 aromatic carbocycles. The van der Waals surface area contributed by atoms with Crippen LogP contribution in [0.15, 0.2) is 91.6 Å². The van der Waals surface area contributed by atoms with Crippen molar-refractivity contribution in [2.75, 3.05) is 0 Å². The van der Waals surface area contributed by atoms with Gasteiger partial charge in [0.15, 0.2) is 0 Å². The number of thioether (sulfide) groups is 1. The van der Waals surface area contributed by atoms with Crippen molar-refractivity contribution in [3.8, 4) is 11.5 Å². The number of hydrogen-bond acceptors (Lipinski definition) is 6. The predicted molar refractivity (Wildman–Crippen MR) is 109 cm³/mol. The van der Waals surface area contributed by atoms with Gasteiger partial charge in [0.2, 0.25) is 5.89 Å². The summed E-state index contributed by atoms with van der Waals surface area (Å²) in [4.78, 5) is 12.0. The van der Waals surface area contributed by atoms with Crippen molar-refractivity contribution in [1.82, 2.24) is 10.2 Å². The van der Waals surface area contributed by atoms with E-state index in [1.54, 1.807) is 0 Å². The van der Waals surface area contributed by atoms with Gasteiger partial charge in [0, 0.05) is 22.8 Å². The van der Waals surface area contributed by atoms with Gasteiger partial charge in [0.1, 0.15) is 5.58 Å². The van der Waals surface area contributed by atoms with Gasteiger partial charge in [-0.3, -0.25) is 0 Å². The van der Waals surface area contributed by atoms with Gasteiger partial charge in [-0.25, -0.2) is 4.79 Å². The van der Waals surface area contributed by atoms with Crippen LogP contribution >= 0.6 is 11.8 Å². The Bertz CT molecular complexity index is 1340. The summed E-state index contributed by atoms with van der Waals surface area (Å²) in [6, 6.07) is 23.0. The van der Waals surface area contributed by atoms with Crippen molar-refractivity contribution in [2.24, 2.45) is 0 Å². The lowest BCUT2D eigenvalue weighted by Crippen LogP contribution is -2.00. The minimum absolute atomic E-state index is 0.367. The maximum absolute atomic E-state index is 12.0. The molecule has 0 N–H and O–H groups in total. The summed E-state index contributed by atoms with van der Waals surface area (Å²) in [5.41, 5.74) is 1.97. The second-order valence-electron chi connectivity index (χ2n) is 6.28. The van der Waals surface area contributed by atoms with Crippen LogP contribution in [0.2, 0.25) is 0 Å². The van der Waals surface area contributed by atoms with Gasteiger partial charge in [0.25, 0.3) is 5.22 Å². The molecule has 0 aliphatic rings. The lowest BCUT2D eigenvalue weighted by Gasteiger charge is -2.07.